The Morgan fingerprint density at radius 2 is 2.00 bits per heavy atom. The van der Waals surface area contributed by atoms with Gasteiger partial charge in [0, 0.05) is 31.6 Å². The lowest BCUT2D eigenvalue weighted by Crippen LogP contribution is -2.46. The molecule has 25 heavy (non-hydrogen) atoms. The maximum atomic E-state index is 13.2. The van der Waals surface area contributed by atoms with Crippen LogP contribution < -0.4 is 10.6 Å². The number of likely N-dealkylation sites (tertiary alicyclic amines) is 1. The molecule has 3 atom stereocenters. The minimum atomic E-state index is -2.77. The molecular formula is C17H25Cl2F2N3O. The Bertz CT molecular complexity index is 562. The van der Waals surface area contributed by atoms with Crippen LogP contribution in [0.2, 0.25) is 0 Å². The van der Waals surface area contributed by atoms with Crippen molar-refractivity contribution in [2.75, 3.05) is 19.6 Å². The van der Waals surface area contributed by atoms with Gasteiger partial charge >= 0.3 is 0 Å². The first-order valence-corrected chi connectivity index (χ1v) is 8.15. The van der Waals surface area contributed by atoms with Gasteiger partial charge in [0.25, 0.3) is 5.92 Å². The Morgan fingerprint density at radius 3 is 2.60 bits per heavy atom. The van der Waals surface area contributed by atoms with E-state index in [1.165, 1.54) is 5.56 Å². The van der Waals surface area contributed by atoms with Crippen LogP contribution in [-0.2, 0) is 4.79 Å². The lowest BCUT2D eigenvalue weighted by atomic mass is 10.1. The highest BCUT2D eigenvalue weighted by atomic mass is 35.5. The van der Waals surface area contributed by atoms with E-state index >= 15 is 0 Å². The second-order valence-electron chi connectivity index (χ2n) is 6.57. The first-order valence-electron chi connectivity index (χ1n) is 8.15. The number of rotatable bonds is 4. The second kappa shape index (κ2) is 9.12. The van der Waals surface area contributed by atoms with Crippen LogP contribution in [0, 0.1) is 0 Å². The summed E-state index contributed by atoms with van der Waals surface area (Å²) in [6.07, 6.45) is 0.446. The van der Waals surface area contributed by atoms with E-state index in [0.29, 0.717) is 0 Å². The van der Waals surface area contributed by atoms with Crippen LogP contribution in [-0.4, -0.2) is 48.4 Å². The third kappa shape index (κ3) is 5.51. The number of benzene rings is 1. The molecule has 0 bridgehead atoms. The average molecular weight is 396 g/mol. The quantitative estimate of drug-likeness (QED) is 0.823. The zero-order valence-corrected chi connectivity index (χ0v) is 15.7. The minimum absolute atomic E-state index is 0. The van der Waals surface area contributed by atoms with Crippen LogP contribution in [0.4, 0.5) is 8.78 Å². The third-order valence-electron chi connectivity index (χ3n) is 4.82. The standard InChI is InChI=1S/C17H23F2N3O.2ClH/c1-12(13-5-3-2-4-6-13)22-8-7-14(10-22)21-16(23)15-9-17(18,19)11-20-15;;/h2-6,12,14-15,20H,7-11H2,1H3,(H,21,23);2*1H. The smallest absolute Gasteiger partial charge is 0.262 e. The molecule has 0 aliphatic carbocycles. The van der Waals surface area contributed by atoms with E-state index in [9.17, 15) is 13.6 Å². The molecule has 2 aliphatic rings. The molecule has 3 unspecified atom stereocenters. The van der Waals surface area contributed by atoms with Gasteiger partial charge in [-0.05, 0) is 18.9 Å². The Kier molecular flexibility index (Phi) is 8.06. The van der Waals surface area contributed by atoms with Gasteiger partial charge in [-0.25, -0.2) is 8.78 Å². The summed E-state index contributed by atoms with van der Waals surface area (Å²) in [5, 5.41) is 5.52. The zero-order valence-electron chi connectivity index (χ0n) is 14.1. The predicted octanol–water partition coefficient (Wildman–Crippen LogP) is 2.78. The topological polar surface area (TPSA) is 44.4 Å². The van der Waals surface area contributed by atoms with Crippen LogP contribution in [0.5, 0.6) is 0 Å². The summed E-state index contributed by atoms with van der Waals surface area (Å²) >= 11 is 0. The molecule has 1 aromatic rings. The fraction of sp³-hybridized carbons (Fsp3) is 0.588. The number of carbonyl (C=O) groups is 1. The fourth-order valence-corrected chi connectivity index (χ4v) is 3.40. The Balaban J connectivity index is 0.00000156. The largest absolute Gasteiger partial charge is 0.351 e. The normalized spacial score (nSPS) is 26.4. The first kappa shape index (κ1) is 22.1. The van der Waals surface area contributed by atoms with Crippen LogP contribution >= 0.6 is 24.8 Å². The van der Waals surface area contributed by atoms with E-state index in [-0.39, 0.29) is 42.8 Å². The molecule has 1 amide bonds. The van der Waals surface area contributed by atoms with Gasteiger partial charge in [-0.3, -0.25) is 15.0 Å². The summed E-state index contributed by atoms with van der Waals surface area (Å²) in [7, 11) is 0. The van der Waals surface area contributed by atoms with Gasteiger partial charge in [0.05, 0.1) is 12.6 Å². The number of nitrogens with zero attached hydrogens (tertiary/aromatic N) is 1. The molecule has 0 saturated carbocycles. The maximum Gasteiger partial charge on any atom is 0.262 e. The zero-order chi connectivity index (χ0) is 16.4. The van der Waals surface area contributed by atoms with Crippen molar-refractivity contribution in [1.82, 2.24) is 15.5 Å². The molecule has 0 radical (unpaired) electrons. The van der Waals surface area contributed by atoms with Crippen molar-refractivity contribution < 1.29 is 13.6 Å². The van der Waals surface area contributed by atoms with Gasteiger partial charge in [0.1, 0.15) is 0 Å². The number of hydrogen-bond donors (Lipinski definition) is 2. The van der Waals surface area contributed by atoms with Crippen molar-refractivity contribution in [3.05, 3.63) is 35.9 Å². The lowest BCUT2D eigenvalue weighted by Gasteiger charge is -2.25. The molecule has 1 aromatic carbocycles. The molecule has 3 rings (SSSR count). The van der Waals surface area contributed by atoms with Crippen LogP contribution in [0.25, 0.3) is 0 Å². The predicted molar refractivity (Wildman–Crippen MR) is 98.8 cm³/mol. The molecule has 142 valence electrons. The molecule has 2 N–H and O–H groups in total. The van der Waals surface area contributed by atoms with Crippen LogP contribution in [0.3, 0.4) is 0 Å². The van der Waals surface area contributed by atoms with Crippen molar-refractivity contribution in [3.8, 4) is 0 Å². The Labute approximate surface area is 159 Å². The summed E-state index contributed by atoms with van der Waals surface area (Å²) in [4.78, 5) is 14.4. The fourth-order valence-electron chi connectivity index (χ4n) is 3.40. The molecule has 2 heterocycles. The van der Waals surface area contributed by atoms with E-state index in [1.807, 2.05) is 18.2 Å². The Morgan fingerprint density at radius 1 is 1.32 bits per heavy atom. The summed E-state index contributed by atoms with van der Waals surface area (Å²) in [6.45, 7) is 3.39. The Hall–Kier alpha value is -0.950. The van der Waals surface area contributed by atoms with Gasteiger partial charge < -0.3 is 5.32 Å². The SMILES string of the molecule is CC(c1ccccc1)N1CCC(NC(=O)C2CC(F)(F)CN2)C1.Cl.Cl. The van der Waals surface area contributed by atoms with Crippen molar-refractivity contribution in [1.29, 1.82) is 0 Å². The number of alkyl halides is 2. The maximum absolute atomic E-state index is 13.2. The van der Waals surface area contributed by atoms with Crippen molar-refractivity contribution >= 4 is 30.7 Å². The summed E-state index contributed by atoms with van der Waals surface area (Å²) < 4.78 is 26.3. The van der Waals surface area contributed by atoms with E-state index in [2.05, 4.69) is 34.6 Å². The number of carbonyl (C=O) groups excluding carboxylic acids is 1. The molecular weight excluding hydrogens is 371 g/mol. The lowest BCUT2D eigenvalue weighted by molar-refractivity contribution is -0.124. The molecule has 2 saturated heterocycles. The first-order chi connectivity index (χ1) is 10.9. The average Bonchev–Trinajstić information content (AvgIpc) is 3.14. The van der Waals surface area contributed by atoms with Gasteiger partial charge in [-0.2, -0.15) is 0 Å². The molecule has 0 spiro atoms. The monoisotopic (exact) mass is 395 g/mol. The highest BCUT2D eigenvalue weighted by molar-refractivity contribution is 5.85. The van der Waals surface area contributed by atoms with E-state index in [1.54, 1.807) is 0 Å². The van der Waals surface area contributed by atoms with Gasteiger partial charge in [-0.15, -0.1) is 24.8 Å². The molecule has 0 aromatic heterocycles. The van der Waals surface area contributed by atoms with E-state index in [0.717, 1.165) is 19.5 Å². The van der Waals surface area contributed by atoms with Gasteiger partial charge in [-0.1, -0.05) is 30.3 Å². The number of halogens is 4. The number of hydrogen-bond acceptors (Lipinski definition) is 3. The molecule has 2 aliphatic heterocycles. The number of amides is 1. The highest BCUT2D eigenvalue weighted by Crippen LogP contribution is 2.26. The van der Waals surface area contributed by atoms with Crippen LogP contribution in [0.15, 0.2) is 30.3 Å². The molecule has 2 fully saturated rings. The summed E-state index contributed by atoms with van der Waals surface area (Å²) in [5.74, 6) is -3.08. The molecule has 4 nitrogen and oxygen atoms in total. The van der Waals surface area contributed by atoms with Crippen molar-refractivity contribution in [3.63, 3.8) is 0 Å². The summed E-state index contributed by atoms with van der Waals surface area (Å²) in [5.41, 5.74) is 1.25. The summed E-state index contributed by atoms with van der Waals surface area (Å²) in [6, 6.07) is 9.78. The van der Waals surface area contributed by atoms with Crippen molar-refractivity contribution in [2.24, 2.45) is 0 Å². The van der Waals surface area contributed by atoms with Gasteiger partial charge in [0.2, 0.25) is 5.91 Å². The van der Waals surface area contributed by atoms with E-state index in [4.69, 9.17) is 0 Å². The highest BCUT2D eigenvalue weighted by Gasteiger charge is 2.43. The third-order valence-corrected chi connectivity index (χ3v) is 4.82. The van der Waals surface area contributed by atoms with E-state index < -0.39 is 24.9 Å². The van der Waals surface area contributed by atoms with Gasteiger partial charge in [0.15, 0.2) is 0 Å². The minimum Gasteiger partial charge on any atom is -0.351 e. The molecule has 8 heteroatoms. The van der Waals surface area contributed by atoms with Crippen LogP contribution in [0.1, 0.15) is 31.4 Å². The number of nitrogens with one attached hydrogen (secondary N) is 2. The second-order valence-corrected chi connectivity index (χ2v) is 6.57. The van der Waals surface area contributed by atoms with Crippen molar-refractivity contribution in [2.45, 2.75) is 43.8 Å².